The smallest absolute Gasteiger partial charge is 0.232 e. The molecule has 9 heteroatoms. The van der Waals surface area contributed by atoms with Gasteiger partial charge in [0.25, 0.3) is 0 Å². The molecule has 1 unspecified atom stereocenters. The van der Waals surface area contributed by atoms with Crippen molar-refractivity contribution in [1.82, 2.24) is 10.1 Å². The minimum absolute atomic E-state index is 0.00400. The molecule has 0 aliphatic carbocycles. The minimum Gasteiger partial charge on any atom is -0.339 e. The van der Waals surface area contributed by atoms with Crippen LogP contribution in [0.15, 0.2) is 40.9 Å². The topological polar surface area (TPSA) is 59.2 Å². The highest BCUT2D eigenvalue weighted by molar-refractivity contribution is 6.33. The maximum Gasteiger partial charge on any atom is 0.232 e. The van der Waals surface area contributed by atoms with Gasteiger partial charge in [0.15, 0.2) is 0 Å². The van der Waals surface area contributed by atoms with Crippen molar-refractivity contribution in [2.75, 3.05) is 11.4 Å². The third-order valence-electron chi connectivity index (χ3n) is 4.29. The summed E-state index contributed by atoms with van der Waals surface area (Å²) in [4.78, 5) is 18.1. The third-order valence-corrected chi connectivity index (χ3v) is 4.90. The van der Waals surface area contributed by atoms with Crippen LogP contribution in [0.5, 0.6) is 0 Å². The summed E-state index contributed by atoms with van der Waals surface area (Å²) in [6.45, 7) is 0.265. The predicted molar refractivity (Wildman–Crippen MR) is 95.8 cm³/mol. The van der Waals surface area contributed by atoms with E-state index in [1.807, 2.05) is 0 Å². The van der Waals surface area contributed by atoms with Crippen molar-refractivity contribution in [3.05, 3.63) is 64.0 Å². The second-order valence-electron chi connectivity index (χ2n) is 6.09. The van der Waals surface area contributed by atoms with Gasteiger partial charge in [-0.2, -0.15) is 4.98 Å². The highest BCUT2D eigenvalue weighted by Gasteiger charge is 2.36. The molecule has 1 aromatic heterocycles. The molecule has 0 spiro atoms. The summed E-state index contributed by atoms with van der Waals surface area (Å²) in [6.07, 6.45) is 0.143. The van der Waals surface area contributed by atoms with Gasteiger partial charge >= 0.3 is 0 Å². The Morgan fingerprint density at radius 3 is 2.67 bits per heavy atom. The molecule has 1 fully saturated rings. The summed E-state index contributed by atoms with van der Waals surface area (Å²) in [5.74, 6) is -1.15. The molecule has 138 valence electrons. The predicted octanol–water partition coefficient (Wildman–Crippen LogP) is 4.84. The number of anilines is 1. The van der Waals surface area contributed by atoms with Gasteiger partial charge in [-0.3, -0.25) is 4.79 Å². The Kier molecular flexibility index (Phi) is 4.57. The largest absolute Gasteiger partial charge is 0.339 e. The summed E-state index contributed by atoms with van der Waals surface area (Å²) in [5, 5.41) is 3.99. The summed E-state index contributed by atoms with van der Waals surface area (Å²) in [6, 6.07) is 8.03. The highest BCUT2D eigenvalue weighted by atomic mass is 35.5. The van der Waals surface area contributed by atoms with Gasteiger partial charge in [0, 0.05) is 18.5 Å². The first-order valence-corrected chi connectivity index (χ1v) is 8.72. The second kappa shape index (κ2) is 6.90. The van der Waals surface area contributed by atoms with Crippen LogP contribution in [0.4, 0.5) is 14.5 Å². The van der Waals surface area contributed by atoms with E-state index in [0.29, 0.717) is 11.3 Å². The van der Waals surface area contributed by atoms with Crippen molar-refractivity contribution in [3.63, 3.8) is 0 Å². The van der Waals surface area contributed by atoms with E-state index in [9.17, 15) is 13.6 Å². The monoisotopic (exact) mass is 409 g/mol. The van der Waals surface area contributed by atoms with Gasteiger partial charge in [0.2, 0.25) is 17.6 Å². The van der Waals surface area contributed by atoms with E-state index in [2.05, 4.69) is 10.1 Å². The average Bonchev–Trinajstić information content (AvgIpc) is 3.25. The van der Waals surface area contributed by atoms with Crippen LogP contribution in [-0.4, -0.2) is 22.6 Å². The molecule has 1 atom stereocenters. The van der Waals surface area contributed by atoms with Gasteiger partial charge in [-0.1, -0.05) is 28.4 Å². The lowest BCUT2D eigenvalue weighted by Crippen LogP contribution is -2.24. The number of rotatable bonds is 3. The first-order valence-electron chi connectivity index (χ1n) is 7.97. The molecule has 4 rings (SSSR count). The molecule has 0 bridgehead atoms. The van der Waals surface area contributed by atoms with Crippen molar-refractivity contribution >= 4 is 34.8 Å². The molecule has 5 nitrogen and oxygen atoms in total. The van der Waals surface area contributed by atoms with E-state index < -0.39 is 11.6 Å². The van der Waals surface area contributed by atoms with Crippen molar-refractivity contribution in [3.8, 4) is 11.4 Å². The third kappa shape index (κ3) is 3.40. The van der Waals surface area contributed by atoms with Gasteiger partial charge in [-0.05, 0) is 36.4 Å². The molecular formula is C18H11Cl2F2N3O2. The summed E-state index contributed by atoms with van der Waals surface area (Å²) in [7, 11) is 0. The van der Waals surface area contributed by atoms with Crippen molar-refractivity contribution in [2.45, 2.75) is 12.3 Å². The highest BCUT2D eigenvalue weighted by Crippen LogP contribution is 2.35. The average molecular weight is 410 g/mol. The van der Waals surface area contributed by atoms with Gasteiger partial charge in [-0.15, -0.1) is 0 Å². The lowest BCUT2D eigenvalue weighted by Gasteiger charge is -2.17. The molecule has 3 aromatic rings. The standard InChI is InChI=1S/C18H11Cl2F2N3O2/c19-12-3-1-9(5-14(12)22)17-23-18(27-24-17)10-6-16(26)25(8-10)15-4-2-11(21)7-13(15)20/h1-5,7,10H,6,8H2. The molecule has 1 aliphatic rings. The van der Waals surface area contributed by atoms with Crippen LogP contribution < -0.4 is 4.90 Å². The molecule has 1 aliphatic heterocycles. The van der Waals surface area contributed by atoms with Gasteiger partial charge in [0.1, 0.15) is 11.6 Å². The number of hydrogen-bond acceptors (Lipinski definition) is 4. The molecule has 2 heterocycles. The summed E-state index contributed by atoms with van der Waals surface area (Å²) in [5.41, 5.74) is 0.833. The maximum absolute atomic E-state index is 13.6. The zero-order valence-corrected chi connectivity index (χ0v) is 15.1. The molecule has 0 N–H and O–H groups in total. The van der Waals surface area contributed by atoms with E-state index in [-0.39, 0.29) is 46.6 Å². The molecule has 1 amide bonds. The molecule has 0 radical (unpaired) electrons. The van der Waals surface area contributed by atoms with Gasteiger partial charge < -0.3 is 9.42 Å². The Balaban J connectivity index is 1.57. The fourth-order valence-electron chi connectivity index (χ4n) is 2.96. The molecule has 27 heavy (non-hydrogen) atoms. The van der Waals surface area contributed by atoms with Crippen molar-refractivity contribution < 1.29 is 18.1 Å². The Labute approximate surface area is 162 Å². The van der Waals surface area contributed by atoms with Crippen LogP contribution in [0.3, 0.4) is 0 Å². The number of carbonyl (C=O) groups is 1. The molecule has 2 aromatic carbocycles. The quantitative estimate of drug-likeness (QED) is 0.620. The number of carbonyl (C=O) groups excluding carboxylic acids is 1. The first-order chi connectivity index (χ1) is 12.9. The van der Waals surface area contributed by atoms with E-state index in [0.717, 1.165) is 6.07 Å². The number of amides is 1. The minimum atomic E-state index is -0.589. The SMILES string of the molecule is O=C1CC(c2nc(-c3ccc(Cl)c(F)c3)no2)CN1c1ccc(F)cc1Cl. The lowest BCUT2D eigenvalue weighted by atomic mass is 10.1. The van der Waals surface area contributed by atoms with Crippen LogP contribution in [0.1, 0.15) is 18.2 Å². The van der Waals surface area contributed by atoms with Gasteiger partial charge in [0.05, 0.1) is 21.7 Å². The van der Waals surface area contributed by atoms with Crippen molar-refractivity contribution in [1.29, 1.82) is 0 Å². The Bertz CT molecular complexity index is 1040. The van der Waals surface area contributed by atoms with E-state index in [1.54, 1.807) is 6.07 Å². The van der Waals surface area contributed by atoms with Crippen LogP contribution in [0.2, 0.25) is 10.0 Å². The van der Waals surface area contributed by atoms with Crippen LogP contribution >= 0.6 is 23.2 Å². The van der Waals surface area contributed by atoms with E-state index >= 15 is 0 Å². The zero-order chi connectivity index (χ0) is 19.1. The van der Waals surface area contributed by atoms with E-state index in [4.69, 9.17) is 27.7 Å². The fourth-order valence-corrected chi connectivity index (χ4v) is 3.35. The summed E-state index contributed by atoms with van der Waals surface area (Å²) >= 11 is 11.7. The number of aromatic nitrogens is 2. The number of hydrogen-bond donors (Lipinski definition) is 0. The Hall–Kier alpha value is -2.51. The fraction of sp³-hybridized carbons (Fsp3) is 0.167. The molecular weight excluding hydrogens is 399 g/mol. The number of halogens is 4. The number of nitrogens with zero attached hydrogens (tertiary/aromatic N) is 3. The van der Waals surface area contributed by atoms with Crippen LogP contribution in [-0.2, 0) is 4.79 Å². The van der Waals surface area contributed by atoms with Crippen LogP contribution in [0.25, 0.3) is 11.4 Å². The van der Waals surface area contributed by atoms with Crippen LogP contribution in [0, 0.1) is 11.6 Å². The lowest BCUT2D eigenvalue weighted by molar-refractivity contribution is -0.117. The van der Waals surface area contributed by atoms with Crippen molar-refractivity contribution in [2.24, 2.45) is 0 Å². The van der Waals surface area contributed by atoms with Gasteiger partial charge in [-0.25, -0.2) is 8.78 Å². The normalized spacial score (nSPS) is 17.0. The first kappa shape index (κ1) is 17.9. The molecule has 0 saturated carbocycles. The summed E-state index contributed by atoms with van der Waals surface area (Å²) < 4.78 is 32.1. The Morgan fingerprint density at radius 1 is 1.11 bits per heavy atom. The zero-order valence-electron chi connectivity index (χ0n) is 13.6. The second-order valence-corrected chi connectivity index (χ2v) is 6.90. The molecule has 1 saturated heterocycles. The maximum atomic E-state index is 13.6. The number of benzene rings is 2. The van der Waals surface area contributed by atoms with E-state index in [1.165, 1.54) is 29.2 Å². The Morgan fingerprint density at radius 2 is 1.93 bits per heavy atom.